The summed E-state index contributed by atoms with van der Waals surface area (Å²) in [5, 5.41) is 2.41. The van der Waals surface area contributed by atoms with E-state index in [1.165, 1.54) is 25.3 Å². The molecule has 174 valence electrons. The highest BCUT2D eigenvalue weighted by molar-refractivity contribution is 7.93. The number of amides is 1. The van der Waals surface area contributed by atoms with Gasteiger partial charge in [0.1, 0.15) is 23.0 Å². The molecule has 0 bridgehead atoms. The van der Waals surface area contributed by atoms with Crippen LogP contribution in [0, 0.1) is 12.7 Å². The Kier molecular flexibility index (Phi) is 7.61. The van der Waals surface area contributed by atoms with E-state index in [4.69, 9.17) is 16.3 Å². The van der Waals surface area contributed by atoms with Crippen LogP contribution in [0.25, 0.3) is 0 Å². The largest absolute Gasteiger partial charge is 0.495 e. The quantitative estimate of drug-likeness (QED) is 0.471. The van der Waals surface area contributed by atoms with Crippen molar-refractivity contribution in [1.82, 2.24) is 0 Å². The average Bonchev–Trinajstić information content (AvgIpc) is 2.80. The highest BCUT2D eigenvalue weighted by atomic mass is 35.5. The van der Waals surface area contributed by atoms with Crippen LogP contribution < -0.4 is 14.4 Å². The van der Waals surface area contributed by atoms with Gasteiger partial charge in [0, 0.05) is 5.69 Å². The maximum absolute atomic E-state index is 13.7. The van der Waals surface area contributed by atoms with Gasteiger partial charge in [-0.2, -0.15) is 0 Å². The summed E-state index contributed by atoms with van der Waals surface area (Å²) in [6.45, 7) is 3.24. The molecule has 0 aliphatic rings. The molecule has 1 N–H and O–H groups in total. The fraction of sp³-hybridized carbons (Fsp3) is 0.208. The molecule has 0 spiro atoms. The van der Waals surface area contributed by atoms with Crippen molar-refractivity contribution in [2.75, 3.05) is 23.3 Å². The molecule has 0 saturated carbocycles. The molecule has 3 aromatic carbocycles. The zero-order valence-electron chi connectivity index (χ0n) is 18.4. The molecule has 0 aliphatic carbocycles. The topological polar surface area (TPSA) is 75.7 Å². The molecule has 0 unspecified atom stereocenters. The number of sulfonamides is 1. The van der Waals surface area contributed by atoms with Crippen LogP contribution in [0.4, 0.5) is 15.8 Å². The van der Waals surface area contributed by atoms with Gasteiger partial charge in [-0.25, -0.2) is 12.8 Å². The molecule has 9 heteroatoms. The third-order valence-corrected chi connectivity index (χ3v) is 7.10. The molecular weight excluding hydrogens is 467 g/mol. The van der Waals surface area contributed by atoms with E-state index in [0.717, 1.165) is 27.9 Å². The Morgan fingerprint density at radius 3 is 2.39 bits per heavy atom. The highest BCUT2D eigenvalue weighted by Crippen LogP contribution is 2.31. The summed E-state index contributed by atoms with van der Waals surface area (Å²) in [4.78, 5) is 12.8. The van der Waals surface area contributed by atoms with Gasteiger partial charge in [-0.05, 0) is 66.9 Å². The van der Waals surface area contributed by atoms with Crippen LogP contribution in [0.2, 0.25) is 5.02 Å². The van der Waals surface area contributed by atoms with E-state index in [1.54, 1.807) is 31.2 Å². The minimum Gasteiger partial charge on any atom is -0.495 e. The molecule has 0 heterocycles. The number of carbonyl (C=O) groups is 1. The van der Waals surface area contributed by atoms with E-state index in [9.17, 15) is 17.6 Å². The Morgan fingerprint density at radius 1 is 1.09 bits per heavy atom. The Morgan fingerprint density at radius 2 is 1.79 bits per heavy atom. The second-order valence-electron chi connectivity index (χ2n) is 7.36. The van der Waals surface area contributed by atoms with Gasteiger partial charge >= 0.3 is 0 Å². The summed E-state index contributed by atoms with van der Waals surface area (Å²) in [6, 6.07) is 15.5. The monoisotopic (exact) mass is 490 g/mol. The van der Waals surface area contributed by atoms with E-state index < -0.39 is 28.3 Å². The number of methoxy groups -OCH3 is 1. The summed E-state index contributed by atoms with van der Waals surface area (Å²) in [5.41, 5.74) is 2.32. The highest BCUT2D eigenvalue weighted by Gasteiger charge is 2.30. The molecule has 0 aliphatic heterocycles. The van der Waals surface area contributed by atoms with Crippen molar-refractivity contribution in [1.29, 1.82) is 0 Å². The molecule has 0 radical (unpaired) electrons. The first-order valence-corrected chi connectivity index (χ1v) is 12.0. The van der Waals surface area contributed by atoms with Crippen molar-refractivity contribution in [3.05, 3.63) is 82.6 Å². The summed E-state index contributed by atoms with van der Waals surface area (Å²) < 4.78 is 47.1. The van der Waals surface area contributed by atoms with Gasteiger partial charge in [-0.15, -0.1) is 0 Å². The number of ether oxygens (including phenoxy) is 1. The Balaban J connectivity index is 2.01. The molecule has 6 nitrogen and oxygen atoms in total. The molecule has 1 amide bonds. The summed E-state index contributed by atoms with van der Waals surface area (Å²) in [7, 11) is -2.80. The van der Waals surface area contributed by atoms with E-state index in [2.05, 4.69) is 5.32 Å². The summed E-state index contributed by atoms with van der Waals surface area (Å²) in [6.07, 6.45) is 0.782. The van der Waals surface area contributed by atoms with Crippen molar-refractivity contribution in [2.24, 2.45) is 0 Å². The van der Waals surface area contributed by atoms with Crippen molar-refractivity contribution >= 4 is 38.9 Å². The van der Waals surface area contributed by atoms with Gasteiger partial charge in [0.15, 0.2) is 0 Å². The smallest absolute Gasteiger partial charge is 0.268 e. The van der Waals surface area contributed by atoms with E-state index >= 15 is 0 Å². The molecule has 0 atom stereocenters. The number of nitrogens with zero attached hydrogens (tertiary/aromatic N) is 1. The van der Waals surface area contributed by atoms with Crippen LogP contribution in [0.3, 0.4) is 0 Å². The predicted molar refractivity (Wildman–Crippen MR) is 128 cm³/mol. The van der Waals surface area contributed by atoms with Gasteiger partial charge in [-0.1, -0.05) is 36.7 Å². The summed E-state index contributed by atoms with van der Waals surface area (Å²) in [5.74, 6) is -1.07. The van der Waals surface area contributed by atoms with E-state index in [0.29, 0.717) is 5.69 Å². The van der Waals surface area contributed by atoms with Crippen LogP contribution in [0.1, 0.15) is 18.1 Å². The number of carbonyl (C=O) groups excluding carboxylic acids is 1. The number of nitrogens with one attached hydrogen (secondary N) is 1. The van der Waals surface area contributed by atoms with Crippen LogP contribution in [0.15, 0.2) is 65.6 Å². The lowest BCUT2D eigenvalue weighted by Crippen LogP contribution is -2.38. The number of anilines is 2. The van der Waals surface area contributed by atoms with Gasteiger partial charge in [-0.3, -0.25) is 9.10 Å². The minimum absolute atomic E-state index is 0.0535. The first kappa shape index (κ1) is 24.5. The number of hydrogen-bond acceptors (Lipinski definition) is 4. The number of hydrogen-bond donors (Lipinski definition) is 1. The second-order valence-corrected chi connectivity index (χ2v) is 9.60. The van der Waals surface area contributed by atoms with Crippen molar-refractivity contribution in [3.8, 4) is 5.75 Å². The number of rotatable bonds is 8. The van der Waals surface area contributed by atoms with Gasteiger partial charge in [0.05, 0.1) is 17.8 Å². The first-order chi connectivity index (χ1) is 15.6. The molecule has 0 fully saturated rings. The molecule has 0 saturated heterocycles. The average molecular weight is 491 g/mol. The minimum atomic E-state index is -4.18. The van der Waals surface area contributed by atoms with Gasteiger partial charge in [0.25, 0.3) is 10.0 Å². The lowest BCUT2D eigenvalue weighted by molar-refractivity contribution is -0.114. The predicted octanol–water partition coefficient (Wildman–Crippen LogP) is 5.19. The number of halogens is 2. The lowest BCUT2D eigenvalue weighted by Gasteiger charge is -2.25. The SMILES string of the molecule is CCc1ccc(N(CC(=O)Nc2ccc(F)c(Cl)c2)S(=O)(=O)c2cc(C)ccc2OC)cc1. The maximum Gasteiger partial charge on any atom is 0.268 e. The third-order valence-electron chi connectivity index (χ3n) is 5.01. The fourth-order valence-corrected chi connectivity index (χ4v) is 5.07. The van der Waals surface area contributed by atoms with E-state index in [1.807, 2.05) is 19.1 Å². The standard InChI is InChI=1S/C24H24ClFN2O4S/c1-4-17-6-9-19(10-7-17)28(15-24(29)27-18-8-11-21(26)20(25)14-18)33(30,31)23-13-16(2)5-12-22(23)32-3/h5-14H,4,15H2,1-3H3,(H,27,29). The number of benzene rings is 3. The fourth-order valence-electron chi connectivity index (χ4n) is 3.22. The molecule has 33 heavy (non-hydrogen) atoms. The van der Waals surface area contributed by atoms with Crippen LogP contribution in [-0.4, -0.2) is 28.0 Å². The Labute approximate surface area is 198 Å². The lowest BCUT2D eigenvalue weighted by atomic mass is 10.1. The Hall–Kier alpha value is -3.10. The molecule has 3 rings (SSSR count). The van der Waals surface area contributed by atoms with Crippen LogP contribution in [0.5, 0.6) is 5.75 Å². The van der Waals surface area contributed by atoms with Gasteiger partial charge in [0.2, 0.25) is 5.91 Å². The first-order valence-electron chi connectivity index (χ1n) is 10.2. The third kappa shape index (κ3) is 5.64. The van der Waals surface area contributed by atoms with Crippen molar-refractivity contribution < 1.29 is 22.3 Å². The molecule has 0 aromatic heterocycles. The van der Waals surface area contributed by atoms with Crippen molar-refractivity contribution in [2.45, 2.75) is 25.2 Å². The Bertz CT molecular complexity index is 1260. The molecule has 3 aromatic rings. The summed E-state index contributed by atoms with van der Waals surface area (Å²) >= 11 is 5.78. The maximum atomic E-state index is 13.7. The van der Waals surface area contributed by atoms with Crippen molar-refractivity contribution in [3.63, 3.8) is 0 Å². The van der Waals surface area contributed by atoms with Crippen LogP contribution in [-0.2, 0) is 21.2 Å². The zero-order valence-corrected chi connectivity index (χ0v) is 20.0. The van der Waals surface area contributed by atoms with Crippen LogP contribution >= 0.6 is 11.6 Å². The normalized spacial score (nSPS) is 11.2. The zero-order chi connectivity index (χ0) is 24.2. The number of aryl methyl sites for hydroxylation is 2. The molecular formula is C24H24ClFN2O4S. The second kappa shape index (κ2) is 10.2. The van der Waals surface area contributed by atoms with E-state index in [-0.39, 0.29) is 21.4 Å². The van der Waals surface area contributed by atoms with Gasteiger partial charge < -0.3 is 10.1 Å².